The third-order valence-electron chi connectivity index (χ3n) is 3.78. The fourth-order valence-electron chi connectivity index (χ4n) is 2.47. The Morgan fingerprint density at radius 3 is 2.79 bits per heavy atom. The topological polar surface area (TPSA) is 51.0 Å². The fourth-order valence-corrected chi connectivity index (χ4v) is 3.28. The van der Waals surface area contributed by atoms with Crippen molar-refractivity contribution in [1.82, 2.24) is 19.7 Å². The van der Waals surface area contributed by atoms with Crippen molar-refractivity contribution in [1.29, 1.82) is 0 Å². The van der Waals surface area contributed by atoms with E-state index in [4.69, 9.17) is 0 Å². The van der Waals surface area contributed by atoms with Gasteiger partial charge in [0, 0.05) is 37.7 Å². The Morgan fingerprint density at radius 2 is 2.08 bits per heavy atom. The SMILES string of the molecule is CN(Cc1csc(-c2ccccc2)n1)C(=O)CCc1cnn(C)c1. The smallest absolute Gasteiger partial charge is 0.222 e. The normalized spacial score (nSPS) is 10.8. The van der Waals surface area contributed by atoms with Gasteiger partial charge in [0.25, 0.3) is 0 Å². The summed E-state index contributed by atoms with van der Waals surface area (Å²) in [6.45, 7) is 0.537. The lowest BCUT2D eigenvalue weighted by Gasteiger charge is -2.15. The maximum absolute atomic E-state index is 12.3. The molecule has 0 aliphatic heterocycles. The molecule has 3 rings (SSSR count). The molecule has 5 nitrogen and oxygen atoms in total. The summed E-state index contributed by atoms with van der Waals surface area (Å²) >= 11 is 1.61. The summed E-state index contributed by atoms with van der Waals surface area (Å²) in [5, 5.41) is 7.13. The number of carbonyl (C=O) groups is 1. The van der Waals surface area contributed by atoms with E-state index in [1.54, 1.807) is 27.1 Å². The van der Waals surface area contributed by atoms with E-state index in [-0.39, 0.29) is 5.91 Å². The van der Waals surface area contributed by atoms with Crippen molar-refractivity contribution in [3.05, 3.63) is 59.4 Å². The number of aromatic nitrogens is 3. The van der Waals surface area contributed by atoms with Crippen molar-refractivity contribution in [3.8, 4) is 10.6 Å². The van der Waals surface area contributed by atoms with Crippen LogP contribution in [0.15, 0.2) is 48.1 Å². The summed E-state index contributed by atoms with van der Waals surface area (Å²) in [7, 11) is 3.71. The minimum absolute atomic E-state index is 0.119. The van der Waals surface area contributed by atoms with Crippen LogP contribution < -0.4 is 0 Å². The van der Waals surface area contributed by atoms with Gasteiger partial charge in [-0.15, -0.1) is 11.3 Å². The minimum atomic E-state index is 0.119. The predicted octanol–water partition coefficient (Wildman–Crippen LogP) is 3.13. The lowest BCUT2D eigenvalue weighted by atomic mass is 10.2. The van der Waals surface area contributed by atoms with Crippen LogP contribution in [0.1, 0.15) is 17.7 Å². The van der Waals surface area contributed by atoms with Crippen LogP contribution in [0, 0.1) is 0 Å². The molecule has 0 aliphatic carbocycles. The maximum Gasteiger partial charge on any atom is 0.222 e. The standard InChI is InChI=1S/C18H20N4OS/c1-21(17(23)9-8-14-10-19-22(2)11-14)12-16-13-24-18(20-16)15-6-4-3-5-7-15/h3-7,10-11,13H,8-9,12H2,1-2H3. The first kappa shape index (κ1) is 16.4. The minimum Gasteiger partial charge on any atom is -0.340 e. The first-order valence-electron chi connectivity index (χ1n) is 7.83. The Bertz CT molecular complexity index is 809. The third kappa shape index (κ3) is 4.08. The molecule has 3 aromatic rings. The monoisotopic (exact) mass is 340 g/mol. The summed E-state index contributed by atoms with van der Waals surface area (Å²) in [5.74, 6) is 0.119. The van der Waals surface area contributed by atoms with Crippen LogP contribution in [0.2, 0.25) is 0 Å². The van der Waals surface area contributed by atoms with Gasteiger partial charge in [-0.2, -0.15) is 5.10 Å². The van der Waals surface area contributed by atoms with Gasteiger partial charge in [-0.25, -0.2) is 4.98 Å². The van der Waals surface area contributed by atoms with Crippen LogP contribution in [0.4, 0.5) is 0 Å². The summed E-state index contributed by atoms with van der Waals surface area (Å²) in [4.78, 5) is 18.7. The molecule has 6 heteroatoms. The van der Waals surface area contributed by atoms with Gasteiger partial charge in [0.05, 0.1) is 18.4 Å². The van der Waals surface area contributed by atoms with Crippen LogP contribution in [-0.2, 0) is 24.8 Å². The molecule has 124 valence electrons. The molecule has 2 heterocycles. The average Bonchev–Trinajstić information content (AvgIpc) is 3.22. The summed E-state index contributed by atoms with van der Waals surface area (Å²) in [6, 6.07) is 10.1. The Hall–Kier alpha value is -2.47. The van der Waals surface area contributed by atoms with Crippen molar-refractivity contribution in [3.63, 3.8) is 0 Å². The molecule has 2 aromatic heterocycles. The molecule has 1 aromatic carbocycles. The zero-order valence-corrected chi connectivity index (χ0v) is 14.7. The quantitative estimate of drug-likeness (QED) is 0.693. The van der Waals surface area contributed by atoms with Gasteiger partial charge in [-0.05, 0) is 12.0 Å². The van der Waals surface area contributed by atoms with Gasteiger partial charge >= 0.3 is 0 Å². The fraction of sp³-hybridized carbons (Fsp3) is 0.278. The Balaban J connectivity index is 1.55. The number of carbonyl (C=O) groups excluding carboxylic acids is 1. The van der Waals surface area contributed by atoms with Crippen LogP contribution in [0.3, 0.4) is 0 Å². The molecule has 0 spiro atoms. The van der Waals surface area contributed by atoms with Crippen LogP contribution in [0.5, 0.6) is 0 Å². The Morgan fingerprint density at radius 1 is 1.29 bits per heavy atom. The molecule has 0 atom stereocenters. The first-order chi connectivity index (χ1) is 11.6. The highest BCUT2D eigenvalue weighted by Crippen LogP contribution is 2.23. The highest BCUT2D eigenvalue weighted by atomic mass is 32.1. The zero-order valence-electron chi connectivity index (χ0n) is 13.8. The molecular formula is C18H20N4OS. The van der Waals surface area contributed by atoms with E-state index in [0.29, 0.717) is 19.4 Å². The molecular weight excluding hydrogens is 320 g/mol. The molecule has 0 fully saturated rings. The lowest BCUT2D eigenvalue weighted by molar-refractivity contribution is -0.130. The Kier molecular flexibility index (Phi) is 5.05. The number of benzene rings is 1. The second kappa shape index (κ2) is 7.40. The van der Waals surface area contributed by atoms with Crippen molar-refractivity contribution >= 4 is 17.2 Å². The van der Waals surface area contributed by atoms with Crippen molar-refractivity contribution < 1.29 is 4.79 Å². The van der Waals surface area contributed by atoms with E-state index in [1.807, 2.05) is 56.0 Å². The largest absolute Gasteiger partial charge is 0.340 e. The van der Waals surface area contributed by atoms with Crippen molar-refractivity contribution in [2.24, 2.45) is 7.05 Å². The molecule has 0 saturated carbocycles. The molecule has 0 saturated heterocycles. The number of hydrogen-bond donors (Lipinski definition) is 0. The van der Waals surface area contributed by atoms with E-state index in [2.05, 4.69) is 10.1 Å². The number of nitrogens with zero attached hydrogens (tertiary/aromatic N) is 4. The molecule has 0 aliphatic rings. The predicted molar refractivity (Wildman–Crippen MR) is 95.6 cm³/mol. The van der Waals surface area contributed by atoms with Crippen molar-refractivity contribution in [2.75, 3.05) is 7.05 Å². The number of aryl methyl sites for hydroxylation is 2. The highest BCUT2D eigenvalue weighted by Gasteiger charge is 2.12. The van der Waals surface area contributed by atoms with Gasteiger partial charge in [0.2, 0.25) is 5.91 Å². The molecule has 1 amide bonds. The van der Waals surface area contributed by atoms with Gasteiger partial charge in [-0.3, -0.25) is 9.48 Å². The average molecular weight is 340 g/mol. The van der Waals surface area contributed by atoms with E-state index < -0.39 is 0 Å². The number of thiazole rings is 1. The van der Waals surface area contributed by atoms with Gasteiger partial charge < -0.3 is 4.90 Å². The second-order valence-electron chi connectivity index (χ2n) is 5.78. The molecule has 24 heavy (non-hydrogen) atoms. The van der Waals surface area contributed by atoms with E-state index in [9.17, 15) is 4.79 Å². The molecule has 0 radical (unpaired) electrons. The van der Waals surface area contributed by atoms with Crippen LogP contribution in [0.25, 0.3) is 10.6 Å². The summed E-state index contributed by atoms with van der Waals surface area (Å²) in [6.07, 6.45) is 4.95. The van der Waals surface area contributed by atoms with Gasteiger partial charge in [0.15, 0.2) is 0 Å². The highest BCUT2D eigenvalue weighted by molar-refractivity contribution is 7.13. The molecule has 0 N–H and O–H groups in total. The molecule has 0 bridgehead atoms. The van der Waals surface area contributed by atoms with Crippen LogP contribution in [-0.4, -0.2) is 32.6 Å². The zero-order chi connectivity index (χ0) is 16.9. The van der Waals surface area contributed by atoms with E-state index in [1.165, 1.54) is 0 Å². The summed E-state index contributed by atoms with van der Waals surface area (Å²) in [5.41, 5.74) is 3.12. The maximum atomic E-state index is 12.3. The van der Waals surface area contributed by atoms with E-state index in [0.717, 1.165) is 21.8 Å². The number of rotatable bonds is 6. The molecule has 0 unspecified atom stereocenters. The summed E-state index contributed by atoms with van der Waals surface area (Å²) < 4.78 is 1.75. The number of hydrogen-bond acceptors (Lipinski definition) is 4. The van der Waals surface area contributed by atoms with Crippen molar-refractivity contribution in [2.45, 2.75) is 19.4 Å². The van der Waals surface area contributed by atoms with Crippen LogP contribution >= 0.6 is 11.3 Å². The number of amides is 1. The first-order valence-corrected chi connectivity index (χ1v) is 8.71. The lowest BCUT2D eigenvalue weighted by Crippen LogP contribution is -2.26. The van der Waals surface area contributed by atoms with Gasteiger partial charge in [0.1, 0.15) is 5.01 Å². The van der Waals surface area contributed by atoms with Gasteiger partial charge in [-0.1, -0.05) is 30.3 Å². The van der Waals surface area contributed by atoms with E-state index >= 15 is 0 Å². The Labute approximate surface area is 145 Å². The second-order valence-corrected chi connectivity index (χ2v) is 6.64. The third-order valence-corrected chi connectivity index (χ3v) is 4.72.